The lowest BCUT2D eigenvalue weighted by molar-refractivity contribution is -0.127. The number of piperidine rings is 1. The predicted molar refractivity (Wildman–Crippen MR) is 77.7 cm³/mol. The van der Waals surface area contributed by atoms with E-state index in [1.54, 1.807) is 6.92 Å². The Morgan fingerprint density at radius 2 is 2.00 bits per heavy atom. The molecule has 0 radical (unpaired) electrons. The van der Waals surface area contributed by atoms with Crippen LogP contribution in [0.25, 0.3) is 0 Å². The highest BCUT2D eigenvalue weighted by Crippen LogP contribution is 2.30. The second kappa shape index (κ2) is 6.10. The molecule has 3 nitrogen and oxygen atoms in total. The van der Waals surface area contributed by atoms with Gasteiger partial charge in [0, 0.05) is 5.56 Å². The van der Waals surface area contributed by atoms with E-state index in [9.17, 15) is 13.6 Å². The molecule has 0 saturated carbocycles. The molecule has 2 atom stereocenters. The first-order valence-corrected chi connectivity index (χ1v) is 7.30. The summed E-state index contributed by atoms with van der Waals surface area (Å²) < 4.78 is 27.5. The van der Waals surface area contributed by atoms with Crippen molar-refractivity contribution in [2.75, 3.05) is 6.54 Å². The molecule has 1 aromatic rings. The normalized spacial score (nSPS) is 22.6. The summed E-state index contributed by atoms with van der Waals surface area (Å²) in [7, 11) is 0. The number of carbonyl (C=O) groups excluding carboxylic acids is 1. The molecular formula is C16H22F2N2O. The van der Waals surface area contributed by atoms with E-state index in [2.05, 4.69) is 10.6 Å². The zero-order valence-electron chi connectivity index (χ0n) is 12.7. The Hall–Kier alpha value is -1.49. The van der Waals surface area contributed by atoms with Crippen LogP contribution in [-0.4, -0.2) is 18.5 Å². The first kappa shape index (κ1) is 15.9. The van der Waals surface area contributed by atoms with Gasteiger partial charge >= 0.3 is 0 Å². The lowest BCUT2D eigenvalue weighted by Crippen LogP contribution is -2.55. The molecule has 1 heterocycles. The molecule has 116 valence electrons. The first-order valence-electron chi connectivity index (χ1n) is 7.30. The third kappa shape index (κ3) is 3.40. The van der Waals surface area contributed by atoms with Crippen molar-refractivity contribution in [3.05, 3.63) is 35.4 Å². The molecular weight excluding hydrogens is 274 g/mol. The summed E-state index contributed by atoms with van der Waals surface area (Å²) in [5, 5.41) is 5.92. The summed E-state index contributed by atoms with van der Waals surface area (Å²) in [4.78, 5) is 12.4. The van der Waals surface area contributed by atoms with Crippen molar-refractivity contribution in [1.29, 1.82) is 0 Å². The van der Waals surface area contributed by atoms with Gasteiger partial charge in [0.25, 0.3) is 0 Å². The van der Waals surface area contributed by atoms with Crippen LogP contribution >= 0.6 is 0 Å². The van der Waals surface area contributed by atoms with Crippen molar-refractivity contribution in [3.63, 3.8) is 0 Å². The number of amides is 1. The topological polar surface area (TPSA) is 41.1 Å². The van der Waals surface area contributed by atoms with E-state index in [0.29, 0.717) is 0 Å². The van der Waals surface area contributed by atoms with Crippen molar-refractivity contribution < 1.29 is 13.6 Å². The summed E-state index contributed by atoms with van der Waals surface area (Å²) in [5.74, 6) is -1.49. The van der Waals surface area contributed by atoms with Crippen molar-refractivity contribution in [2.45, 2.75) is 45.7 Å². The van der Waals surface area contributed by atoms with Crippen LogP contribution in [0.4, 0.5) is 8.78 Å². The van der Waals surface area contributed by atoms with Gasteiger partial charge in [-0.05, 0) is 43.9 Å². The van der Waals surface area contributed by atoms with E-state index in [1.165, 1.54) is 18.2 Å². The van der Waals surface area contributed by atoms with E-state index in [0.717, 1.165) is 19.4 Å². The smallest absolute Gasteiger partial charge is 0.238 e. The van der Waals surface area contributed by atoms with Gasteiger partial charge in [-0.25, -0.2) is 8.78 Å². The van der Waals surface area contributed by atoms with Crippen LogP contribution in [0.15, 0.2) is 18.2 Å². The fraction of sp³-hybridized carbons (Fsp3) is 0.562. The number of carbonyl (C=O) groups is 1. The Balaban J connectivity index is 2.12. The minimum Gasteiger partial charge on any atom is -0.348 e. The standard InChI is InChI=1S/C16H22F2N2O/c1-10(13-11(17)6-4-7-12(13)18)20-15(21)14-16(2,3)8-5-9-19-14/h4,6-7,10,14,19H,5,8-9H2,1-3H3,(H,20,21). The van der Waals surface area contributed by atoms with Gasteiger partial charge in [-0.15, -0.1) is 0 Å². The fourth-order valence-corrected chi connectivity index (χ4v) is 2.95. The maximum atomic E-state index is 13.7. The van der Waals surface area contributed by atoms with Gasteiger partial charge in [0.15, 0.2) is 0 Å². The number of nitrogens with one attached hydrogen (secondary N) is 2. The molecule has 1 aliphatic rings. The SMILES string of the molecule is CC(NC(=O)C1NCCCC1(C)C)c1c(F)cccc1F. The summed E-state index contributed by atoms with van der Waals surface area (Å²) in [6.07, 6.45) is 1.97. The lowest BCUT2D eigenvalue weighted by Gasteiger charge is -2.38. The van der Waals surface area contributed by atoms with Gasteiger partial charge < -0.3 is 10.6 Å². The second-order valence-electron chi connectivity index (χ2n) is 6.34. The van der Waals surface area contributed by atoms with Gasteiger partial charge in [-0.3, -0.25) is 4.79 Å². The van der Waals surface area contributed by atoms with E-state index in [1.807, 2.05) is 13.8 Å². The van der Waals surface area contributed by atoms with Crippen LogP contribution < -0.4 is 10.6 Å². The Kier molecular flexibility index (Phi) is 4.61. The van der Waals surface area contributed by atoms with Crippen molar-refractivity contribution in [1.82, 2.24) is 10.6 Å². The lowest BCUT2D eigenvalue weighted by atomic mass is 9.77. The Bertz CT molecular complexity index is 511. The molecule has 0 spiro atoms. The van der Waals surface area contributed by atoms with E-state index in [-0.39, 0.29) is 22.9 Å². The summed E-state index contributed by atoms with van der Waals surface area (Å²) in [5.41, 5.74) is -0.269. The molecule has 5 heteroatoms. The van der Waals surface area contributed by atoms with Gasteiger partial charge in [0.05, 0.1) is 12.1 Å². The fourth-order valence-electron chi connectivity index (χ4n) is 2.95. The quantitative estimate of drug-likeness (QED) is 0.900. The summed E-state index contributed by atoms with van der Waals surface area (Å²) in [6, 6.07) is 2.66. The summed E-state index contributed by atoms with van der Waals surface area (Å²) in [6.45, 7) is 6.43. The second-order valence-corrected chi connectivity index (χ2v) is 6.34. The molecule has 1 amide bonds. The molecule has 0 bridgehead atoms. The molecule has 0 aromatic heterocycles. The average molecular weight is 296 g/mol. The highest BCUT2D eigenvalue weighted by molar-refractivity contribution is 5.83. The van der Waals surface area contributed by atoms with Crippen LogP contribution in [0.3, 0.4) is 0 Å². The Morgan fingerprint density at radius 3 is 2.57 bits per heavy atom. The van der Waals surface area contributed by atoms with Crippen molar-refractivity contribution in [2.24, 2.45) is 5.41 Å². The number of rotatable bonds is 3. The maximum Gasteiger partial charge on any atom is 0.238 e. The van der Waals surface area contributed by atoms with Crippen molar-refractivity contribution in [3.8, 4) is 0 Å². The van der Waals surface area contributed by atoms with E-state index >= 15 is 0 Å². The van der Waals surface area contributed by atoms with Crippen LogP contribution in [0.1, 0.15) is 45.2 Å². The van der Waals surface area contributed by atoms with E-state index in [4.69, 9.17) is 0 Å². The Morgan fingerprint density at radius 1 is 1.38 bits per heavy atom. The third-order valence-electron chi connectivity index (χ3n) is 4.18. The minimum atomic E-state index is -0.710. The number of benzene rings is 1. The molecule has 1 aromatic carbocycles. The monoisotopic (exact) mass is 296 g/mol. The molecule has 2 N–H and O–H groups in total. The first-order chi connectivity index (χ1) is 9.83. The predicted octanol–water partition coefficient (Wildman–Crippen LogP) is 2.92. The maximum absolute atomic E-state index is 13.7. The molecule has 1 saturated heterocycles. The van der Waals surface area contributed by atoms with Gasteiger partial charge in [0.1, 0.15) is 11.6 Å². The zero-order chi connectivity index (χ0) is 15.6. The Labute approximate surface area is 124 Å². The van der Waals surface area contributed by atoms with E-state index < -0.39 is 17.7 Å². The van der Waals surface area contributed by atoms with Gasteiger partial charge in [0.2, 0.25) is 5.91 Å². The molecule has 2 unspecified atom stereocenters. The van der Waals surface area contributed by atoms with Crippen LogP contribution in [0.5, 0.6) is 0 Å². The minimum absolute atomic E-state index is 0.0977. The summed E-state index contributed by atoms with van der Waals surface area (Å²) >= 11 is 0. The van der Waals surface area contributed by atoms with Gasteiger partial charge in [-0.2, -0.15) is 0 Å². The molecule has 1 aliphatic heterocycles. The number of halogens is 2. The highest BCUT2D eigenvalue weighted by Gasteiger charge is 2.37. The van der Waals surface area contributed by atoms with Crippen LogP contribution in [0.2, 0.25) is 0 Å². The molecule has 21 heavy (non-hydrogen) atoms. The highest BCUT2D eigenvalue weighted by atomic mass is 19.1. The molecule has 2 rings (SSSR count). The van der Waals surface area contributed by atoms with Crippen LogP contribution in [-0.2, 0) is 4.79 Å². The number of hydrogen-bond acceptors (Lipinski definition) is 2. The van der Waals surface area contributed by atoms with Gasteiger partial charge in [-0.1, -0.05) is 19.9 Å². The molecule has 1 fully saturated rings. The number of hydrogen-bond donors (Lipinski definition) is 2. The zero-order valence-corrected chi connectivity index (χ0v) is 12.7. The van der Waals surface area contributed by atoms with Crippen molar-refractivity contribution >= 4 is 5.91 Å². The van der Waals surface area contributed by atoms with Crippen LogP contribution in [0, 0.1) is 17.0 Å². The molecule has 0 aliphatic carbocycles. The largest absolute Gasteiger partial charge is 0.348 e. The average Bonchev–Trinajstić information content (AvgIpc) is 2.37. The third-order valence-corrected chi connectivity index (χ3v) is 4.18.